The van der Waals surface area contributed by atoms with Crippen molar-refractivity contribution >= 4 is 6.29 Å². The predicted molar refractivity (Wildman–Crippen MR) is 43.9 cm³/mol. The van der Waals surface area contributed by atoms with Crippen molar-refractivity contribution in [2.24, 2.45) is 11.3 Å². The zero-order valence-electron chi connectivity index (χ0n) is 7.48. The number of aldehydes is 1. The molecule has 0 N–H and O–H groups in total. The highest BCUT2D eigenvalue weighted by atomic mass is 16.1. The molecule has 1 unspecified atom stereocenters. The van der Waals surface area contributed by atoms with Gasteiger partial charge in [-0.1, -0.05) is 40.5 Å². The summed E-state index contributed by atoms with van der Waals surface area (Å²) in [4.78, 5) is 10.5. The van der Waals surface area contributed by atoms with Crippen molar-refractivity contribution in [1.29, 1.82) is 0 Å². The van der Waals surface area contributed by atoms with Gasteiger partial charge in [-0.15, -0.1) is 0 Å². The predicted octanol–water partition coefficient (Wildman–Crippen LogP) is 2.65. The van der Waals surface area contributed by atoms with Crippen LogP contribution in [0.15, 0.2) is 0 Å². The van der Waals surface area contributed by atoms with Crippen molar-refractivity contribution in [3.05, 3.63) is 0 Å². The maximum atomic E-state index is 10.5. The Morgan fingerprint density at radius 2 is 1.80 bits per heavy atom. The van der Waals surface area contributed by atoms with Crippen molar-refractivity contribution < 1.29 is 4.79 Å². The molecule has 1 heteroatoms. The molecular formula is C9H18O. The van der Waals surface area contributed by atoms with Gasteiger partial charge in [0.15, 0.2) is 0 Å². The zero-order valence-corrected chi connectivity index (χ0v) is 7.48. The average molecular weight is 142 g/mol. The summed E-state index contributed by atoms with van der Waals surface area (Å²) in [7, 11) is 0. The van der Waals surface area contributed by atoms with E-state index in [2.05, 4.69) is 20.8 Å². The Bertz CT molecular complexity index is 103. The first-order valence-electron chi connectivity index (χ1n) is 4.06. The summed E-state index contributed by atoms with van der Waals surface area (Å²) in [6.07, 6.45) is 3.24. The highest BCUT2D eigenvalue weighted by molar-refractivity contribution is 5.54. The van der Waals surface area contributed by atoms with Gasteiger partial charge in [0.05, 0.1) is 0 Å². The molecule has 0 aromatic heterocycles. The van der Waals surface area contributed by atoms with E-state index < -0.39 is 0 Å². The van der Waals surface area contributed by atoms with E-state index in [0.717, 1.165) is 19.1 Å². The third-order valence-electron chi connectivity index (χ3n) is 2.92. The van der Waals surface area contributed by atoms with Gasteiger partial charge in [-0.25, -0.2) is 0 Å². The highest BCUT2D eigenvalue weighted by Crippen LogP contribution is 2.32. The molecule has 0 saturated carbocycles. The first-order chi connectivity index (χ1) is 4.60. The van der Waals surface area contributed by atoms with Gasteiger partial charge in [-0.3, -0.25) is 0 Å². The average Bonchev–Trinajstić information content (AvgIpc) is 2.01. The SMILES string of the molecule is CCC(C)(CC)C(C)C=O. The number of hydrogen-bond donors (Lipinski definition) is 0. The van der Waals surface area contributed by atoms with E-state index in [9.17, 15) is 4.79 Å². The summed E-state index contributed by atoms with van der Waals surface area (Å²) in [6, 6.07) is 0. The maximum absolute atomic E-state index is 10.5. The van der Waals surface area contributed by atoms with E-state index in [1.54, 1.807) is 0 Å². The van der Waals surface area contributed by atoms with Crippen LogP contribution in [0.3, 0.4) is 0 Å². The lowest BCUT2D eigenvalue weighted by atomic mass is 9.75. The minimum Gasteiger partial charge on any atom is -0.303 e. The lowest BCUT2D eigenvalue weighted by Gasteiger charge is -2.29. The molecule has 0 aliphatic carbocycles. The monoisotopic (exact) mass is 142 g/mol. The molecule has 0 aromatic rings. The van der Waals surface area contributed by atoms with Gasteiger partial charge in [0.25, 0.3) is 0 Å². The summed E-state index contributed by atoms with van der Waals surface area (Å²) in [6.45, 7) is 8.46. The summed E-state index contributed by atoms with van der Waals surface area (Å²) in [5, 5.41) is 0. The van der Waals surface area contributed by atoms with Crippen molar-refractivity contribution in [3.8, 4) is 0 Å². The van der Waals surface area contributed by atoms with Crippen LogP contribution in [0.2, 0.25) is 0 Å². The molecule has 10 heavy (non-hydrogen) atoms. The Kier molecular flexibility index (Phi) is 3.62. The van der Waals surface area contributed by atoms with Crippen molar-refractivity contribution in [2.45, 2.75) is 40.5 Å². The van der Waals surface area contributed by atoms with E-state index in [1.807, 2.05) is 6.92 Å². The largest absolute Gasteiger partial charge is 0.303 e. The smallest absolute Gasteiger partial charge is 0.123 e. The number of carbonyl (C=O) groups is 1. The van der Waals surface area contributed by atoms with E-state index in [1.165, 1.54) is 0 Å². The van der Waals surface area contributed by atoms with E-state index >= 15 is 0 Å². The second-order valence-electron chi connectivity index (χ2n) is 3.29. The fraction of sp³-hybridized carbons (Fsp3) is 0.889. The molecule has 0 rings (SSSR count). The lowest BCUT2D eigenvalue weighted by Crippen LogP contribution is -2.24. The number of hydrogen-bond acceptors (Lipinski definition) is 1. The van der Waals surface area contributed by atoms with E-state index in [0.29, 0.717) is 0 Å². The van der Waals surface area contributed by atoms with Crippen LogP contribution in [-0.4, -0.2) is 6.29 Å². The lowest BCUT2D eigenvalue weighted by molar-refractivity contribution is -0.114. The zero-order chi connectivity index (χ0) is 8.20. The molecule has 0 saturated heterocycles. The van der Waals surface area contributed by atoms with Crippen molar-refractivity contribution in [2.75, 3.05) is 0 Å². The molecule has 0 amide bonds. The van der Waals surface area contributed by atoms with Gasteiger partial charge in [0.2, 0.25) is 0 Å². The van der Waals surface area contributed by atoms with Crippen LogP contribution in [0.5, 0.6) is 0 Å². The molecular weight excluding hydrogens is 124 g/mol. The van der Waals surface area contributed by atoms with Crippen LogP contribution in [-0.2, 0) is 4.79 Å². The van der Waals surface area contributed by atoms with E-state index in [4.69, 9.17) is 0 Å². The standard InChI is InChI=1S/C9H18O/c1-5-9(4,6-2)8(3)7-10/h7-8H,5-6H2,1-4H3. The fourth-order valence-electron chi connectivity index (χ4n) is 1.06. The van der Waals surface area contributed by atoms with Crippen LogP contribution in [0.25, 0.3) is 0 Å². The van der Waals surface area contributed by atoms with Crippen LogP contribution in [0.1, 0.15) is 40.5 Å². The molecule has 0 aliphatic rings. The van der Waals surface area contributed by atoms with Gasteiger partial charge in [0, 0.05) is 5.92 Å². The molecule has 60 valence electrons. The Balaban J connectivity index is 4.15. The normalized spacial score (nSPS) is 14.8. The summed E-state index contributed by atoms with van der Waals surface area (Å²) < 4.78 is 0. The van der Waals surface area contributed by atoms with Gasteiger partial charge < -0.3 is 4.79 Å². The molecule has 1 atom stereocenters. The van der Waals surface area contributed by atoms with Gasteiger partial charge in [-0.05, 0) is 5.41 Å². The van der Waals surface area contributed by atoms with Gasteiger partial charge >= 0.3 is 0 Å². The maximum Gasteiger partial charge on any atom is 0.123 e. The van der Waals surface area contributed by atoms with Crippen LogP contribution in [0.4, 0.5) is 0 Å². The number of carbonyl (C=O) groups excluding carboxylic acids is 1. The van der Waals surface area contributed by atoms with Gasteiger partial charge in [0.1, 0.15) is 6.29 Å². The van der Waals surface area contributed by atoms with Gasteiger partial charge in [-0.2, -0.15) is 0 Å². The first kappa shape index (κ1) is 9.67. The fourth-order valence-corrected chi connectivity index (χ4v) is 1.06. The van der Waals surface area contributed by atoms with Crippen LogP contribution < -0.4 is 0 Å². The molecule has 0 aliphatic heterocycles. The summed E-state index contributed by atoms with van der Waals surface area (Å²) in [5.74, 6) is 0.197. The molecule has 0 radical (unpaired) electrons. The minimum absolute atomic E-state index is 0.197. The molecule has 0 spiro atoms. The van der Waals surface area contributed by atoms with E-state index in [-0.39, 0.29) is 11.3 Å². The quantitative estimate of drug-likeness (QED) is 0.551. The van der Waals surface area contributed by atoms with Crippen molar-refractivity contribution in [1.82, 2.24) is 0 Å². The third kappa shape index (κ3) is 1.83. The molecule has 0 fully saturated rings. The van der Waals surface area contributed by atoms with Crippen LogP contribution in [0, 0.1) is 11.3 Å². The Hall–Kier alpha value is -0.330. The Labute approximate surface area is 63.8 Å². The highest BCUT2D eigenvalue weighted by Gasteiger charge is 2.26. The molecule has 0 aromatic carbocycles. The first-order valence-corrected chi connectivity index (χ1v) is 4.06. The van der Waals surface area contributed by atoms with Crippen molar-refractivity contribution in [3.63, 3.8) is 0 Å². The Morgan fingerprint density at radius 3 is 1.90 bits per heavy atom. The molecule has 1 nitrogen and oxygen atoms in total. The second kappa shape index (κ2) is 3.75. The van der Waals surface area contributed by atoms with Crippen LogP contribution >= 0.6 is 0 Å². The Morgan fingerprint density at radius 1 is 1.40 bits per heavy atom. The third-order valence-corrected chi connectivity index (χ3v) is 2.92. The summed E-state index contributed by atoms with van der Waals surface area (Å²) in [5.41, 5.74) is 0.224. The second-order valence-corrected chi connectivity index (χ2v) is 3.29. The minimum atomic E-state index is 0.197. The topological polar surface area (TPSA) is 17.1 Å². The molecule has 0 bridgehead atoms. The molecule has 0 heterocycles. The summed E-state index contributed by atoms with van der Waals surface area (Å²) >= 11 is 0. The number of rotatable bonds is 4.